The van der Waals surface area contributed by atoms with Gasteiger partial charge >= 0.3 is 0 Å². The van der Waals surface area contributed by atoms with E-state index in [9.17, 15) is 4.79 Å². The number of carbonyl (C=O) groups excluding carboxylic acids is 1. The Morgan fingerprint density at radius 3 is 2.80 bits per heavy atom. The van der Waals surface area contributed by atoms with Gasteiger partial charge in [0.1, 0.15) is 6.10 Å². The average molecular weight is 330 g/mol. The Morgan fingerprint density at radius 2 is 2.00 bits per heavy atom. The fraction of sp³-hybridized carbons (Fsp3) is 0.188. The smallest absolute Gasteiger partial charge is 0.266 e. The molecule has 1 fully saturated rings. The molecule has 0 aliphatic carbocycles. The minimum Gasteiger partial charge on any atom is -0.345 e. The number of likely N-dealkylation sites (N-methyl/N-ethyl adjacent to an activating group) is 1. The molecule has 3 nitrogen and oxygen atoms in total. The van der Waals surface area contributed by atoms with Crippen molar-refractivity contribution in [3.05, 3.63) is 64.1 Å². The van der Waals surface area contributed by atoms with Crippen molar-refractivity contribution in [3.63, 3.8) is 0 Å². The zero-order chi connectivity index (χ0) is 13.9. The number of anilines is 1. The Bertz CT molecular complexity index is 730. The van der Waals surface area contributed by atoms with Gasteiger partial charge in [0.05, 0.1) is 5.69 Å². The predicted molar refractivity (Wildman–Crippen MR) is 79.5 cm³/mol. The molecule has 1 saturated heterocycles. The van der Waals surface area contributed by atoms with Crippen molar-refractivity contribution in [1.29, 1.82) is 0 Å². The van der Waals surface area contributed by atoms with Crippen LogP contribution in [0.15, 0.2) is 53.0 Å². The SMILES string of the molecule is CN1C(=O)C2(OC2c2cccc(Br)c2)c2ccccc21. The van der Waals surface area contributed by atoms with Crippen LogP contribution in [0.4, 0.5) is 5.69 Å². The van der Waals surface area contributed by atoms with Crippen LogP contribution < -0.4 is 4.90 Å². The maximum absolute atomic E-state index is 12.6. The van der Waals surface area contributed by atoms with E-state index in [2.05, 4.69) is 15.9 Å². The number of rotatable bonds is 1. The number of nitrogens with zero attached hydrogens (tertiary/aromatic N) is 1. The molecule has 4 heteroatoms. The van der Waals surface area contributed by atoms with Crippen molar-refractivity contribution in [2.45, 2.75) is 11.7 Å². The summed E-state index contributed by atoms with van der Waals surface area (Å²) < 4.78 is 6.90. The Hall–Kier alpha value is -1.65. The number of carbonyl (C=O) groups is 1. The summed E-state index contributed by atoms with van der Waals surface area (Å²) in [6, 6.07) is 15.8. The van der Waals surface area contributed by atoms with E-state index < -0.39 is 5.60 Å². The van der Waals surface area contributed by atoms with E-state index in [1.54, 1.807) is 11.9 Å². The van der Waals surface area contributed by atoms with E-state index in [4.69, 9.17) is 4.74 Å². The molecule has 0 N–H and O–H groups in total. The molecule has 1 spiro atoms. The van der Waals surface area contributed by atoms with Gasteiger partial charge in [-0.15, -0.1) is 0 Å². The summed E-state index contributed by atoms with van der Waals surface area (Å²) in [5.41, 5.74) is 2.12. The summed E-state index contributed by atoms with van der Waals surface area (Å²) in [7, 11) is 1.80. The summed E-state index contributed by atoms with van der Waals surface area (Å²) >= 11 is 3.46. The van der Waals surface area contributed by atoms with Crippen molar-refractivity contribution >= 4 is 27.5 Å². The van der Waals surface area contributed by atoms with Gasteiger partial charge in [0.15, 0.2) is 0 Å². The van der Waals surface area contributed by atoms with Gasteiger partial charge in [-0.25, -0.2) is 0 Å². The van der Waals surface area contributed by atoms with Crippen LogP contribution in [-0.2, 0) is 15.1 Å². The molecule has 2 aliphatic rings. The summed E-state index contributed by atoms with van der Waals surface area (Å²) in [5.74, 6) is 0.0173. The minimum atomic E-state index is -0.813. The van der Waals surface area contributed by atoms with Gasteiger partial charge in [0.25, 0.3) is 5.91 Å². The molecule has 1 amide bonds. The van der Waals surface area contributed by atoms with Crippen molar-refractivity contribution in [2.75, 3.05) is 11.9 Å². The quantitative estimate of drug-likeness (QED) is 0.751. The molecular formula is C16H12BrNO2. The van der Waals surface area contributed by atoms with Gasteiger partial charge in [-0.3, -0.25) is 4.79 Å². The van der Waals surface area contributed by atoms with Crippen LogP contribution in [0, 0.1) is 0 Å². The molecule has 2 aliphatic heterocycles. The van der Waals surface area contributed by atoms with E-state index in [1.165, 1.54) is 0 Å². The molecular weight excluding hydrogens is 318 g/mol. The van der Waals surface area contributed by atoms with E-state index >= 15 is 0 Å². The number of benzene rings is 2. The molecule has 0 saturated carbocycles. The van der Waals surface area contributed by atoms with Crippen LogP contribution in [0.1, 0.15) is 17.2 Å². The normalized spacial score (nSPS) is 27.0. The first-order chi connectivity index (χ1) is 9.64. The van der Waals surface area contributed by atoms with Gasteiger partial charge in [-0.2, -0.15) is 0 Å². The van der Waals surface area contributed by atoms with E-state index in [0.29, 0.717) is 0 Å². The highest BCUT2D eigenvalue weighted by atomic mass is 79.9. The number of fused-ring (bicyclic) bond motifs is 2. The number of para-hydroxylation sites is 1. The van der Waals surface area contributed by atoms with Crippen molar-refractivity contribution in [3.8, 4) is 0 Å². The topological polar surface area (TPSA) is 32.8 Å². The number of amides is 1. The predicted octanol–water partition coefficient (Wildman–Crippen LogP) is 3.39. The number of halogens is 1. The first-order valence-corrected chi connectivity index (χ1v) is 7.25. The summed E-state index contributed by atoms with van der Waals surface area (Å²) in [6.07, 6.45) is -0.196. The van der Waals surface area contributed by atoms with Crippen molar-refractivity contribution in [2.24, 2.45) is 0 Å². The maximum atomic E-state index is 12.6. The Labute approximate surface area is 125 Å². The van der Waals surface area contributed by atoms with Crippen molar-refractivity contribution in [1.82, 2.24) is 0 Å². The maximum Gasteiger partial charge on any atom is 0.266 e. The van der Waals surface area contributed by atoms with Gasteiger partial charge < -0.3 is 9.64 Å². The molecule has 2 aromatic carbocycles. The van der Waals surface area contributed by atoms with Gasteiger partial charge in [-0.05, 0) is 23.8 Å². The highest BCUT2D eigenvalue weighted by molar-refractivity contribution is 9.10. The first kappa shape index (κ1) is 12.1. The van der Waals surface area contributed by atoms with E-state index in [1.807, 2.05) is 48.5 Å². The molecule has 20 heavy (non-hydrogen) atoms. The lowest BCUT2D eigenvalue weighted by molar-refractivity contribution is -0.122. The highest BCUT2D eigenvalue weighted by Gasteiger charge is 2.69. The second-order valence-corrected chi connectivity index (χ2v) is 6.09. The van der Waals surface area contributed by atoms with Gasteiger partial charge in [-0.1, -0.05) is 46.3 Å². The molecule has 2 atom stereocenters. The van der Waals surface area contributed by atoms with Gasteiger partial charge in [0.2, 0.25) is 5.60 Å². The Balaban J connectivity index is 1.83. The lowest BCUT2D eigenvalue weighted by atomic mass is 9.93. The van der Waals surface area contributed by atoms with Gasteiger partial charge in [0, 0.05) is 17.1 Å². The molecule has 2 aromatic rings. The van der Waals surface area contributed by atoms with Crippen LogP contribution in [-0.4, -0.2) is 13.0 Å². The number of hydrogen-bond donors (Lipinski definition) is 0. The molecule has 100 valence electrons. The summed E-state index contributed by atoms with van der Waals surface area (Å²) in [5, 5.41) is 0. The number of ether oxygens (including phenoxy) is 1. The number of hydrogen-bond acceptors (Lipinski definition) is 2. The molecule has 0 bridgehead atoms. The molecule has 4 rings (SSSR count). The lowest BCUT2D eigenvalue weighted by Crippen LogP contribution is -2.29. The molecule has 2 unspecified atom stereocenters. The van der Waals surface area contributed by atoms with E-state index in [0.717, 1.165) is 21.3 Å². The third-order valence-corrected chi connectivity index (χ3v) is 4.55. The summed E-state index contributed by atoms with van der Waals surface area (Å²) in [4.78, 5) is 14.3. The Kier molecular flexibility index (Phi) is 2.38. The average Bonchev–Trinajstić information content (AvgIpc) is 3.18. The van der Waals surface area contributed by atoms with Crippen molar-refractivity contribution < 1.29 is 9.53 Å². The lowest BCUT2D eigenvalue weighted by Gasteiger charge is -2.08. The monoisotopic (exact) mass is 329 g/mol. The largest absolute Gasteiger partial charge is 0.345 e. The number of epoxide rings is 1. The minimum absolute atomic E-state index is 0.0173. The zero-order valence-corrected chi connectivity index (χ0v) is 12.4. The standard InChI is InChI=1S/C16H12BrNO2/c1-18-13-8-3-2-7-12(13)16(15(18)19)14(20-16)10-5-4-6-11(17)9-10/h2-9,14H,1H3. The third-order valence-electron chi connectivity index (χ3n) is 4.06. The third kappa shape index (κ3) is 1.41. The second-order valence-electron chi connectivity index (χ2n) is 5.17. The molecule has 2 heterocycles. The van der Waals surface area contributed by atoms with Crippen LogP contribution in [0.3, 0.4) is 0 Å². The van der Waals surface area contributed by atoms with Crippen LogP contribution in [0.2, 0.25) is 0 Å². The van der Waals surface area contributed by atoms with E-state index in [-0.39, 0.29) is 12.0 Å². The molecule has 0 radical (unpaired) electrons. The first-order valence-electron chi connectivity index (χ1n) is 6.45. The fourth-order valence-corrected chi connectivity index (χ4v) is 3.46. The summed E-state index contributed by atoms with van der Waals surface area (Å²) in [6.45, 7) is 0. The fourth-order valence-electron chi connectivity index (χ4n) is 3.05. The second kappa shape index (κ2) is 3.93. The molecule has 0 aromatic heterocycles. The van der Waals surface area contributed by atoms with Crippen LogP contribution in [0.25, 0.3) is 0 Å². The van der Waals surface area contributed by atoms with Crippen LogP contribution in [0.5, 0.6) is 0 Å². The van der Waals surface area contributed by atoms with Crippen LogP contribution >= 0.6 is 15.9 Å². The zero-order valence-electron chi connectivity index (χ0n) is 10.8. The Morgan fingerprint density at radius 1 is 1.20 bits per heavy atom. The highest BCUT2D eigenvalue weighted by Crippen LogP contribution is 2.63.